The Morgan fingerprint density at radius 2 is 1.58 bits per heavy atom. The second-order valence-electron chi connectivity index (χ2n) is 9.31. The van der Waals surface area contributed by atoms with Crippen molar-refractivity contribution < 1.29 is 24.3 Å². The number of imidazole rings is 1. The molecule has 0 saturated carbocycles. The summed E-state index contributed by atoms with van der Waals surface area (Å²) >= 11 is 0. The van der Waals surface area contributed by atoms with Crippen molar-refractivity contribution in [3.05, 3.63) is 18.2 Å². The fourth-order valence-corrected chi connectivity index (χ4v) is 3.46. The van der Waals surface area contributed by atoms with Gasteiger partial charge in [0.05, 0.1) is 12.4 Å². The molecule has 38 heavy (non-hydrogen) atoms. The molecule has 0 aliphatic heterocycles. The number of carboxylic acids is 1. The van der Waals surface area contributed by atoms with E-state index in [1.807, 2.05) is 0 Å². The number of amides is 3. The molecule has 15 nitrogen and oxygen atoms in total. The zero-order valence-electron chi connectivity index (χ0n) is 22.0. The van der Waals surface area contributed by atoms with Crippen molar-refractivity contribution in [1.82, 2.24) is 25.9 Å². The molecule has 13 N–H and O–H groups in total. The van der Waals surface area contributed by atoms with Crippen molar-refractivity contribution in [2.24, 2.45) is 33.8 Å². The fourth-order valence-electron chi connectivity index (χ4n) is 3.46. The van der Waals surface area contributed by atoms with Crippen molar-refractivity contribution in [1.29, 1.82) is 0 Å². The summed E-state index contributed by atoms with van der Waals surface area (Å²) in [5.41, 5.74) is 22.6. The van der Waals surface area contributed by atoms with Gasteiger partial charge in [-0.15, -0.1) is 0 Å². The summed E-state index contributed by atoms with van der Waals surface area (Å²) in [5, 5.41) is 17.3. The van der Waals surface area contributed by atoms with Crippen LogP contribution < -0.4 is 38.9 Å². The van der Waals surface area contributed by atoms with E-state index < -0.39 is 47.9 Å². The van der Waals surface area contributed by atoms with Gasteiger partial charge in [-0.1, -0.05) is 13.8 Å². The smallest absolute Gasteiger partial charge is 0.326 e. The standard InChI is InChI=1S/C23H42N10O5/c1-13(2)18(25)21(36)31-15(7-5-9-29-23(26)27)19(34)33-17(10-14-11-28-12-30-14)20(35)32-16(22(37)38)6-3-4-8-24/h11-13,15-18H,3-10,24-25H2,1-2H3,(H,28,30)(H,31,36)(H,32,35)(H,33,34)(H,37,38)(H4,26,27,29). The summed E-state index contributed by atoms with van der Waals surface area (Å²) < 4.78 is 0. The number of carboxylic acid groups (broad SMARTS) is 1. The molecule has 1 aromatic heterocycles. The van der Waals surface area contributed by atoms with Crippen LogP contribution in [0, 0.1) is 5.92 Å². The highest BCUT2D eigenvalue weighted by Crippen LogP contribution is 2.07. The number of aliphatic carboxylic acids is 1. The molecule has 0 fully saturated rings. The molecule has 0 spiro atoms. The number of nitrogens with two attached hydrogens (primary N) is 4. The molecule has 0 aromatic carbocycles. The predicted molar refractivity (Wildman–Crippen MR) is 141 cm³/mol. The van der Waals surface area contributed by atoms with Crippen LogP contribution >= 0.6 is 0 Å². The number of rotatable bonds is 18. The number of carbonyl (C=O) groups excluding carboxylic acids is 3. The molecule has 4 unspecified atom stereocenters. The van der Waals surface area contributed by atoms with Gasteiger partial charge in [0.15, 0.2) is 5.96 Å². The Morgan fingerprint density at radius 3 is 2.13 bits per heavy atom. The molecule has 0 aliphatic carbocycles. The minimum atomic E-state index is -1.20. The van der Waals surface area contributed by atoms with Gasteiger partial charge >= 0.3 is 5.97 Å². The topological polar surface area (TPSA) is 270 Å². The average molecular weight is 539 g/mol. The third-order valence-corrected chi connectivity index (χ3v) is 5.77. The molecule has 0 aliphatic rings. The summed E-state index contributed by atoms with van der Waals surface area (Å²) in [6.07, 6.45) is 4.71. The average Bonchev–Trinajstić information content (AvgIpc) is 3.36. The minimum absolute atomic E-state index is 0.00683. The summed E-state index contributed by atoms with van der Waals surface area (Å²) in [6.45, 7) is 4.17. The first-order valence-electron chi connectivity index (χ1n) is 12.6. The minimum Gasteiger partial charge on any atom is -0.480 e. The van der Waals surface area contributed by atoms with Crippen LogP contribution in [-0.4, -0.2) is 82.0 Å². The lowest BCUT2D eigenvalue weighted by Gasteiger charge is -2.25. The molecule has 4 atom stereocenters. The van der Waals surface area contributed by atoms with E-state index in [1.165, 1.54) is 12.5 Å². The van der Waals surface area contributed by atoms with Crippen LogP contribution in [0.2, 0.25) is 0 Å². The SMILES string of the molecule is CC(C)C(N)C(=O)NC(CCCN=C(N)N)C(=O)NC(Cc1cnc[nH]1)C(=O)NC(CCCCN)C(=O)O. The molecule has 0 saturated heterocycles. The van der Waals surface area contributed by atoms with Crippen molar-refractivity contribution >= 4 is 29.7 Å². The van der Waals surface area contributed by atoms with E-state index in [0.29, 0.717) is 31.5 Å². The number of nitrogens with zero attached hydrogens (tertiary/aromatic N) is 2. The number of aliphatic imine (C=N–C) groups is 1. The van der Waals surface area contributed by atoms with Gasteiger partial charge in [0.1, 0.15) is 18.1 Å². The van der Waals surface area contributed by atoms with Crippen LogP contribution in [-0.2, 0) is 25.6 Å². The first kappa shape index (κ1) is 32.3. The first-order valence-corrected chi connectivity index (χ1v) is 12.6. The van der Waals surface area contributed by atoms with Gasteiger partial charge in [-0.25, -0.2) is 9.78 Å². The Balaban J connectivity index is 3.08. The van der Waals surface area contributed by atoms with Crippen LogP contribution in [0.1, 0.15) is 51.6 Å². The number of hydrogen-bond acceptors (Lipinski definition) is 8. The van der Waals surface area contributed by atoms with Crippen molar-refractivity contribution in [3.8, 4) is 0 Å². The van der Waals surface area contributed by atoms with Crippen LogP contribution in [0.3, 0.4) is 0 Å². The van der Waals surface area contributed by atoms with E-state index in [-0.39, 0.29) is 37.7 Å². The maximum atomic E-state index is 13.3. The van der Waals surface area contributed by atoms with Gasteiger partial charge < -0.3 is 49.0 Å². The third-order valence-electron chi connectivity index (χ3n) is 5.77. The first-order chi connectivity index (χ1) is 18.0. The molecule has 3 amide bonds. The Kier molecular flexibility index (Phi) is 14.4. The molecule has 0 radical (unpaired) electrons. The molecular weight excluding hydrogens is 496 g/mol. The number of unbranched alkanes of at least 4 members (excludes halogenated alkanes) is 1. The summed E-state index contributed by atoms with van der Waals surface area (Å²) in [4.78, 5) is 61.4. The number of nitrogens with one attached hydrogen (secondary N) is 4. The van der Waals surface area contributed by atoms with Gasteiger partial charge in [-0.05, 0) is 44.6 Å². The lowest BCUT2D eigenvalue weighted by Crippen LogP contribution is -2.58. The van der Waals surface area contributed by atoms with Crippen LogP contribution in [0.5, 0.6) is 0 Å². The highest BCUT2D eigenvalue weighted by Gasteiger charge is 2.31. The molecule has 1 rings (SSSR count). The number of carbonyl (C=O) groups is 4. The van der Waals surface area contributed by atoms with E-state index in [4.69, 9.17) is 22.9 Å². The molecule has 15 heteroatoms. The zero-order valence-corrected chi connectivity index (χ0v) is 22.0. The summed E-state index contributed by atoms with van der Waals surface area (Å²) in [6, 6.07) is -4.21. The normalized spacial score (nSPS) is 14.1. The largest absolute Gasteiger partial charge is 0.480 e. The zero-order chi connectivity index (χ0) is 28.7. The second kappa shape index (κ2) is 16.9. The van der Waals surface area contributed by atoms with E-state index in [2.05, 4.69) is 30.9 Å². The maximum absolute atomic E-state index is 13.3. The van der Waals surface area contributed by atoms with Gasteiger partial charge in [0, 0.05) is 24.9 Å². The number of guanidine groups is 1. The van der Waals surface area contributed by atoms with Gasteiger partial charge in [0.25, 0.3) is 0 Å². The highest BCUT2D eigenvalue weighted by molar-refractivity contribution is 5.94. The van der Waals surface area contributed by atoms with E-state index in [9.17, 15) is 24.3 Å². The second-order valence-corrected chi connectivity index (χ2v) is 9.31. The number of aromatic amines is 1. The predicted octanol–water partition coefficient (Wildman–Crippen LogP) is -2.34. The van der Waals surface area contributed by atoms with Crippen LogP contribution in [0.4, 0.5) is 0 Å². The van der Waals surface area contributed by atoms with Crippen molar-refractivity contribution in [3.63, 3.8) is 0 Å². The highest BCUT2D eigenvalue weighted by atomic mass is 16.4. The van der Waals surface area contributed by atoms with Crippen LogP contribution in [0.15, 0.2) is 17.5 Å². The van der Waals surface area contributed by atoms with Crippen molar-refractivity contribution in [2.75, 3.05) is 13.1 Å². The maximum Gasteiger partial charge on any atom is 0.326 e. The Morgan fingerprint density at radius 1 is 0.974 bits per heavy atom. The molecule has 1 aromatic rings. The molecular formula is C23H42N10O5. The van der Waals surface area contributed by atoms with E-state index in [1.54, 1.807) is 13.8 Å². The molecule has 1 heterocycles. The summed E-state index contributed by atoms with van der Waals surface area (Å²) in [5.74, 6) is -3.35. The Bertz CT molecular complexity index is 918. The third kappa shape index (κ3) is 12.0. The number of aromatic nitrogens is 2. The fraction of sp³-hybridized carbons (Fsp3) is 0.652. The Labute approximate surface area is 222 Å². The molecule has 0 bridgehead atoms. The summed E-state index contributed by atoms with van der Waals surface area (Å²) in [7, 11) is 0. The van der Waals surface area contributed by atoms with Crippen LogP contribution in [0.25, 0.3) is 0 Å². The Hall–Kier alpha value is -3.72. The quantitative estimate of drug-likeness (QED) is 0.0545. The van der Waals surface area contributed by atoms with E-state index in [0.717, 1.165) is 0 Å². The monoisotopic (exact) mass is 538 g/mol. The lowest BCUT2D eigenvalue weighted by atomic mass is 10.0. The molecule has 214 valence electrons. The number of H-pyrrole nitrogens is 1. The lowest BCUT2D eigenvalue weighted by molar-refractivity contribution is -0.142. The van der Waals surface area contributed by atoms with E-state index >= 15 is 0 Å². The van der Waals surface area contributed by atoms with Crippen molar-refractivity contribution in [2.45, 2.75) is 76.5 Å². The van der Waals surface area contributed by atoms with Gasteiger partial charge in [-0.2, -0.15) is 0 Å². The number of hydrogen-bond donors (Lipinski definition) is 9. The van der Waals surface area contributed by atoms with Gasteiger partial charge in [0.2, 0.25) is 17.7 Å². The van der Waals surface area contributed by atoms with Gasteiger partial charge in [-0.3, -0.25) is 19.4 Å².